The Labute approximate surface area is 89.5 Å². The molecular formula is C12H15NO2. The van der Waals surface area contributed by atoms with Crippen molar-refractivity contribution in [3.63, 3.8) is 0 Å². The maximum absolute atomic E-state index is 11.2. The van der Waals surface area contributed by atoms with Crippen molar-refractivity contribution in [3.05, 3.63) is 41.5 Å². The van der Waals surface area contributed by atoms with Gasteiger partial charge in [0.2, 0.25) is 0 Å². The fourth-order valence-electron chi connectivity index (χ4n) is 1.29. The van der Waals surface area contributed by atoms with Gasteiger partial charge in [0, 0.05) is 17.3 Å². The number of esters is 1. The number of aryl methyl sites for hydroxylation is 1. The van der Waals surface area contributed by atoms with Crippen LogP contribution in [0.2, 0.25) is 0 Å². The van der Waals surface area contributed by atoms with E-state index in [0.717, 1.165) is 11.1 Å². The second-order valence-electron chi connectivity index (χ2n) is 3.17. The van der Waals surface area contributed by atoms with Crippen LogP contribution in [0.25, 0.3) is 5.70 Å². The number of nitrogens with two attached hydrogens (primary N) is 1. The van der Waals surface area contributed by atoms with Crippen LogP contribution in [0.5, 0.6) is 0 Å². The summed E-state index contributed by atoms with van der Waals surface area (Å²) in [6, 6.07) is 7.63. The zero-order valence-electron chi connectivity index (χ0n) is 8.99. The molecule has 0 spiro atoms. The molecule has 1 aromatic rings. The van der Waals surface area contributed by atoms with Crippen molar-refractivity contribution in [3.8, 4) is 0 Å². The Bertz CT molecular complexity index is 383. The molecule has 2 N–H and O–H groups in total. The van der Waals surface area contributed by atoms with Gasteiger partial charge in [0.15, 0.2) is 0 Å². The van der Waals surface area contributed by atoms with Crippen LogP contribution in [0.1, 0.15) is 18.1 Å². The van der Waals surface area contributed by atoms with Crippen LogP contribution in [-0.2, 0) is 9.53 Å². The molecule has 3 nitrogen and oxygen atoms in total. The summed E-state index contributed by atoms with van der Waals surface area (Å²) in [7, 11) is 0. The number of hydrogen-bond acceptors (Lipinski definition) is 3. The summed E-state index contributed by atoms with van der Waals surface area (Å²) in [5.41, 5.74) is 8.13. The first-order chi connectivity index (χ1) is 7.15. The predicted octanol–water partition coefficient (Wildman–Crippen LogP) is 1.86. The van der Waals surface area contributed by atoms with Crippen LogP contribution in [0.4, 0.5) is 0 Å². The molecular weight excluding hydrogens is 190 g/mol. The lowest BCUT2D eigenvalue weighted by molar-refractivity contribution is -0.137. The zero-order chi connectivity index (χ0) is 11.3. The molecule has 1 aromatic carbocycles. The van der Waals surface area contributed by atoms with Gasteiger partial charge in [-0.2, -0.15) is 0 Å². The molecule has 0 saturated heterocycles. The van der Waals surface area contributed by atoms with Gasteiger partial charge < -0.3 is 10.5 Å². The largest absolute Gasteiger partial charge is 0.463 e. The van der Waals surface area contributed by atoms with Crippen LogP contribution >= 0.6 is 0 Å². The smallest absolute Gasteiger partial charge is 0.332 e. The molecule has 0 radical (unpaired) electrons. The quantitative estimate of drug-likeness (QED) is 0.605. The highest BCUT2D eigenvalue weighted by Gasteiger charge is 2.03. The van der Waals surface area contributed by atoms with Crippen LogP contribution in [0.15, 0.2) is 30.3 Å². The SMILES string of the molecule is CCOC(=O)C=C(N)c1ccccc1C. The van der Waals surface area contributed by atoms with Gasteiger partial charge in [-0.05, 0) is 19.4 Å². The molecule has 15 heavy (non-hydrogen) atoms. The molecule has 0 saturated carbocycles. The van der Waals surface area contributed by atoms with E-state index in [4.69, 9.17) is 10.5 Å². The van der Waals surface area contributed by atoms with Gasteiger partial charge in [0.05, 0.1) is 6.61 Å². The van der Waals surface area contributed by atoms with E-state index in [2.05, 4.69) is 0 Å². The van der Waals surface area contributed by atoms with Crippen LogP contribution in [0, 0.1) is 6.92 Å². The Balaban J connectivity index is 2.89. The van der Waals surface area contributed by atoms with Crippen LogP contribution in [0.3, 0.4) is 0 Å². The van der Waals surface area contributed by atoms with E-state index in [1.165, 1.54) is 6.08 Å². The first kappa shape index (κ1) is 11.3. The number of rotatable bonds is 3. The van der Waals surface area contributed by atoms with Crippen molar-refractivity contribution in [2.45, 2.75) is 13.8 Å². The van der Waals surface area contributed by atoms with Gasteiger partial charge in [-0.15, -0.1) is 0 Å². The molecule has 3 heteroatoms. The van der Waals surface area contributed by atoms with Gasteiger partial charge in [-0.1, -0.05) is 24.3 Å². The minimum absolute atomic E-state index is 0.358. The minimum Gasteiger partial charge on any atom is -0.463 e. The van der Waals surface area contributed by atoms with Crippen molar-refractivity contribution in [1.29, 1.82) is 0 Å². The molecule has 0 aliphatic carbocycles. The zero-order valence-corrected chi connectivity index (χ0v) is 8.99. The molecule has 0 aliphatic heterocycles. The predicted molar refractivity (Wildman–Crippen MR) is 60.0 cm³/mol. The summed E-state index contributed by atoms with van der Waals surface area (Å²) < 4.78 is 4.78. The van der Waals surface area contributed by atoms with Crippen molar-refractivity contribution in [1.82, 2.24) is 0 Å². The molecule has 1 rings (SSSR count). The van der Waals surface area contributed by atoms with Crippen molar-refractivity contribution in [2.75, 3.05) is 6.61 Å². The highest BCUT2D eigenvalue weighted by molar-refractivity contribution is 5.90. The number of carbonyl (C=O) groups excluding carboxylic acids is 1. The Kier molecular flexibility index (Phi) is 3.92. The van der Waals surface area contributed by atoms with E-state index in [1.807, 2.05) is 31.2 Å². The Morgan fingerprint density at radius 2 is 2.13 bits per heavy atom. The average molecular weight is 205 g/mol. The second kappa shape index (κ2) is 5.20. The van der Waals surface area contributed by atoms with Crippen molar-refractivity contribution in [2.24, 2.45) is 5.73 Å². The third kappa shape index (κ3) is 3.13. The molecule has 0 amide bonds. The maximum atomic E-state index is 11.2. The number of ether oxygens (including phenoxy) is 1. The van der Waals surface area contributed by atoms with Gasteiger partial charge in [0.1, 0.15) is 0 Å². The molecule has 0 atom stereocenters. The normalized spacial score (nSPS) is 11.2. The van der Waals surface area contributed by atoms with Crippen molar-refractivity contribution < 1.29 is 9.53 Å². The lowest BCUT2D eigenvalue weighted by Crippen LogP contribution is -2.05. The molecule has 0 fully saturated rings. The first-order valence-corrected chi connectivity index (χ1v) is 4.85. The molecule has 80 valence electrons. The summed E-state index contributed by atoms with van der Waals surface area (Å²) in [5.74, 6) is -0.404. The molecule has 0 aromatic heterocycles. The topological polar surface area (TPSA) is 52.3 Å². The Morgan fingerprint density at radius 3 is 2.73 bits per heavy atom. The second-order valence-corrected chi connectivity index (χ2v) is 3.17. The monoisotopic (exact) mass is 205 g/mol. The minimum atomic E-state index is -0.404. The summed E-state index contributed by atoms with van der Waals surface area (Å²) in [5, 5.41) is 0. The maximum Gasteiger partial charge on any atom is 0.332 e. The van der Waals surface area contributed by atoms with E-state index in [-0.39, 0.29) is 0 Å². The standard InChI is InChI=1S/C12H15NO2/c1-3-15-12(14)8-11(13)10-7-5-4-6-9(10)2/h4-8H,3,13H2,1-2H3. The van der Waals surface area contributed by atoms with Crippen LogP contribution in [-0.4, -0.2) is 12.6 Å². The summed E-state index contributed by atoms with van der Waals surface area (Å²) in [6.45, 7) is 4.06. The van der Waals surface area contributed by atoms with E-state index in [9.17, 15) is 4.79 Å². The van der Waals surface area contributed by atoms with Gasteiger partial charge in [-0.3, -0.25) is 0 Å². The highest BCUT2D eigenvalue weighted by Crippen LogP contribution is 2.13. The summed E-state index contributed by atoms with van der Waals surface area (Å²) in [6.07, 6.45) is 1.31. The van der Waals surface area contributed by atoms with E-state index >= 15 is 0 Å². The average Bonchev–Trinajstić information content (AvgIpc) is 2.18. The van der Waals surface area contributed by atoms with Crippen LogP contribution < -0.4 is 5.73 Å². The lowest BCUT2D eigenvalue weighted by Gasteiger charge is -2.05. The molecule has 0 heterocycles. The molecule has 0 aliphatic rings. The third-order valence-electron chi connectivity index (χ3n) is 2.02. The number of hydrogen-bond donors (Lipinski definition) is 1. The summed E-state index contributed by atoms with van der Waals surface area (Å²) >= 11 is 0. The highest BCUT2D eigenvalue weighted by atomic mass is 16.5. The van der Waals surface area contributed by atoms with E-state index < -0.39 is 5.97 Å². The third-order valence-corrected chi connectivity index (χ3v) is 2.02. The van der Waals surface area contributed by atoms with Crippen molar-refractivity contribution >= 4 is 11.7 Å². The van der Waals surface area contributed by atoms with Gasteiger partial charge in [-0.25, -0.2) is 4.79 Å². The fraction of sp³-hybridized carbons (Fsp3) is 0.250. The van der Waals surface area contributed by atoms with Gasteiger partial charge >= 0.3 is 5.97 Å². The fourth-order valence-corrected chi connectivity index (χ4v) is 1.29. The van der Waals surface area contributed by atoms with E-state index in [1.54, 1.807) is 6.92 Å². The number of benzene rings is 1. The lowest BCUT2D eigenvalue weighted by atomic mass is 10.1. The van der Waals surface area contributed by atoms with E-state index in [0.29, 0.717) is 12.3 Å². The number of carbonyl (C=O) groups is 1. The first-order valence-electron chi connectivity index (χ1n) is 4.85. The van der Waals surface area contributed by atoms with Gasteiger partial charge in [0.25, 0.3) is 0 Å². The Hall–Kier alpha value is -1.77. The Morgan fingerprint density at radius 1 is 1.47 bits per heavy atom. The summed E-state index contributed by atoms with van der Waals surface area (Å²) in [4.78, 5) is 11.2. The molecule has 0 bridgehead atoms. The molecule has 0 unspecified atom stereocenters.